The minimum atomic E-state index is -3.72. The van der Waals surface area contributed by atoms with Crippen LogP contribution >= 0.6 is 11.6 Å². The Balaban J connectivity index is 0.000000193. The number of aryl methyl sites for hydroxylation is 2. The predicted molar refractivity (Wildman–Crippen MR) is 226 cm³/mol. The second kappa shape index (κ2) is 16.9. The van der Waals surface area contributed by atoms with Crippen LogP contribution < -0.4 is 15.8 Å². The second-order valence-electron chi connectivity index (χ2n) is 15.2. The first kappa shape index (κ1) is 45.1. The van der Waals surface area contributed by atoms with Crippen LogP contribution in [0.3, 0.4) is 0 Å². The standard InChI is InChI=1S/C19H19FN6O3S.C13H15ClN2O2S.C7H8FN3/c1-19(2,3)30(27,28)15-6-11-13(7-14(15)29-4)22-9-23-16(11)24-18-12-5-10(20)8-21-17(12)25-26-18;1-8-5-10-9(12(14)16-7-15-10)6-11(8)19(17,18)13(2,3)4;1-4-6(7(9)10)2-5(8)3-11-4/h5-9H,1-4H3,(H2,21,22,23,24,25,26);5-7H,1-4H3;2-3H,1H3,(H3,9,10). The summed E-state index contributed by atoms with van der Waals surface area (Å²) in [4.78, 5) is 24.4. The molecule has 0 saturated heterocycles. The summed E-state index contributed by atoms with van der Waals surface area (Å²) >= 11 is 6.00. The predicted octanol–water partition coefficient (Wildman–Crippen LogP) is 7.34. The Labute approximate surface area is 349 Å². The molecule has 0 aliphatic carbocycles. The number of rotatable bonds is 6. The van der Waals surface area contributed by atoms with Gasteiger partial charge in [0.05, 0.1) is 50.3 Å². The van der Waals surface area contributed by atoms with E-state index in [1.165, 1.54) is 38.0 Å². The van der Waals surface area contributed by atoms with Crippen molar-refractivity contribution >= 4 is 81.6 Å². The minimum Gasteiger partial charge on any atom is -0.495 e. The average molecular weight is 882 g/mol. The van der Waals surface area contributed by atoms with Crippen LogP contribution in [0.25, 0.3) is 32.8 Å². The number of methoxy groups -OCH3 is 1. The number of pyridine rings is 2. The molecule has 0 saturated carbocycles. The first-order chi connectivity index (χ1) is 27.9. The summed E-state index contributed by atoms with van der Waals surface area (Å²) in [5, 5.41) is 18.6. The van der Waals surface area contributed by atoms with E-state index >= 15 is 0 Å². The molecule has 5 heterocycles. The number of hydrogen-bond donors (Lipinski definition) is 4. The van der Waals surface area contributed by atoms with Crippen LogP contribution in [0.5, 0.6) is 5.75 Å². The number of amidine groups is 1. The van der Waals surface area contributed by atoms with E-state index in [0.29, 0.717) is 61.3 Å². The number of fused-ring (bicyclic) bond motifs is 3. The largest absolute Gasteiger partial charge is 0.495 e. The number of sulfone groups is 2. The summed E-state index contributed by atoms with van der Waals surface area (Å²) in [5.41, 5.74) is 8.19. The van der Waals surface area contributed by atoms with E-state index in [4.69, 9.17) is 27.5 Å². The van der Waals surface area contributed by atoms with Gasteiger partial charge in [0.1, 0.15) is 57.6 Å². The molecule has 2 aromatic carbocycles. The van der Waals surface area contributed by atoms with E-state index in [2.05, 4.69) is 45.4 Å². The fourth-order valence-corrected chi connectivity index (χ4v) is 8.46. The average Bonchev–Trinajstić information content (AvgIpc) is 3.56. The quantitative estimate of drug-likeness (QED) is 0.0725. The van der Waals surface area contributed by atoms with Gasteiger partial charge in [0.15, 0.2) is 25.3 Å². The molecule has 0 fully saturated rings. The molecule has 16 nitrogen and oxygen atoms in total. The molecule has 0 spiro atoms. The number of nitrogen functional groups attached to an aromatic ring is 1. The molecule has 5 N–H and O–H groups in total. The lowest BCUT2D eigenvalue weighted by Gasteiger charge is -2.21. The minimum absolute atomic E-state index is 0.0324. The van der Waals surface area contributed by atoms with Crippen molar-refractivity contribution in [1.82, 2.24) is 40.1 Å². The Hall–Kier alpha value is -5.99. The number of aromatic nitrogens is 8. The third-order valence-electron chi connectivity index (χ3n) is 8.96. The van der Waals surface area contributed by atoms with Crippen molar-refractivity contribution < 1.29 is 30.4 Å². The molecule has 5 aromatic heterocycles. The maximum absolute atomic E-state index is 13.6. The maximum atomic E-state index is 13.6. The summed E-state index contributed by atoms with van der Waals surface area (Å²) in [7, 11) is -5.74. The summed E-state index contributed by atoms with van der Waals surface area (Å²) in [6.07, 6.45) is 4.87. The number of H-pyrrole nitrogens is 1. The molecular formula is C39H42ClF2N11O5S2. The van der Waals surface area contributed by atoms with Crippen molar-refractivity contribution in [3.8, 4) is 5.75 Å². The molecule has 0 unspecified atom stereocenters. The summed E-state index contributed by atoms with van der Waals surface area (Å²) < 4.78 is 80.8. The van der Waals surface area contributed by atoms with Gasteiger partial charge in [0, 0.05) is 28.1 Å². The van der Waals surface area contributed by atoms with E-state index in [-0.39, 0.29) is 26.5 Å². The molecule has 0 atom stereocenters. The zero-order valence-electron chi connectivity index (χ0n) is 34.0. The Bertz CT molecular complexity index is 3010. The number of nitrogens with two attached hydrogens (primary N) is 1. The first-order valence-electron chi connectivity index (χ1n) is 17.8. The van der Waals surface area contributed by atoms with Gasteiger partial charge in [-0.15, -0.1) is 0 Å². The highest BCUT2D eigenvalue weighted by atomic mass is 35.5. The van der Waals surface area contributed by atoms with E-state index in [0.717, 1.165) is 12.4 Å². The molecule has 0 amide bonds. The van der Waals surface area contributed by atoms with Gasteiger partial charge in [-0.25, -0.2) is 50.5 Å². The van der Waals surface area contributed by atoms with Crippen molar-refractivity contribution in [2.45, 2.75) is 74.7 Å². The van der Waals surface area contributed by atoms with Gasteiger partial charge in [-0.05, 0) is 91.3 Å². The van der Waals surface area contributed by atoms with Crippen LogP contribution in [-0.4, -0.2) is 79.4 Å². The smallest absolute Gasteiger partial charge is 0.186 e. The van der Waals surface area contributed by atoms with Crippen molar-refractivity contribution in [2.24, 2.45) is 5.73 Å². The van der Waals surface area contributed by atoms with E-state index in [1.807, 2.05) is 0 Å². The third-order valence-corrected chi connectivity index (χ3v) is 14.4. The van der Waals surface area contributed by atoms with Crippen molar-refractivity contribution in [3.05, 3.63) is 95.1 Å². The molecule has 7 rings (SSSR count). The van der Waals surface area contributed by atoms with Crippen LogP contribution in [0.1, 0.15) is 58.4 Å². The monoisotopic (exact) mass is 881 g/mol. The van der Waals surface area contributed by atoms with Crippen molar-refractivity contribution in [2.75, 3.05) is 12.4 Å². The number of anilines is 2. The summed E-state index contributed by atoms with van der Waals surface area (Å²) in [6.45, 7) is 13.3. The van der Waals surface area contributed by atoms with Crippen molar-refractivity contribution in [3.63, 3.8) is 0 Å². The van der Waals surface area contributed by atoms with Gasteiger partial charge < -0.3 is 15.8 Å². The summed E-state index contributed by atoms with van der Waals surface area (Å²) in [5.74, 6) is -0.255. The fourth-order valence-electron chi connectivity index (χ4n) is 5.51. The van der Waals surface area contributed by atoms with E-state index in [1.54, 1.807) is 73.6 Å². The SMILES string of the molecule is COc1cc2ncnc(Nc3[nH]nc4ncc(F)cc34)c2cc1S(=O)(=O)C(C)(C)C.Cc1cc2ncnc(Cl)c2cc1S(=O)(=O)C(C)(C)C.Cc1ncc(F)cc1C(=N)N. The van der Waals surface area contributed by atoms with Gasteiger partial charge in [0.25, 0.3) is 0 Å². The molecular weight excluding hydrogens is 840 g/mol. The molecule has 7 aromatic rings. The molecule has 60 heavy (non-hydrogen) atoms. The zero-order valence-corrected chi connectivity index (χ0v) is 36.4. The Kier molecular flexibility index (Phi) is 12.7. The molecule has 0 aliphatic heterocycles. The number of nitrogens with one attached hydrogen (secondary N) is 3. The van der Waals surface area contributed by atoms with E-state index in [9.17, 15) is 25.6 Å². The molecule has 0 bridgehead atoms. The van der Waals surface area contributed by atoms with Crippen LogP contribution in [0.15, 0.2) is 71.2 Å². The number of halogens is 3. The first-order valence-corrected chi connectivity index (χ1v) is 21.2. The third kappa shape index (κ3) is 9.24. The molecule has 0 aliphatic rings. The lowest BCUT2D eigenvalue weighted by Crippen LogP contribution is -2.28. The number of hydrogen-bond acceptors (Lipinski definition) is 14. The van der Waals surface area contributed by atoms with Crippen LogP contribution in [0.2, 0.25) is 5.15 Å². The lowest BCUT2D eigenvalue weighted by atomic mass is 10.2. The van der Waals surface area contributed by atoms with E-state index < -0.39 is 40.8 Å². The molecule has 21 heteroatoms. The second-order valence-corrected chi connectivity index (χ2v) is 20.9. The maximum Gasteiger partial charge on any atom is 0.186 e. The van der Waals surface area contributed by atoms with Crippen LogP contribution in [0, 0.1) is 30.9 Å². The van der Waals surface area contributed by atoms with Gasteiger partial charge >= 0.3 is 0 Å². The summed E-state index contributed by atoms with van der Waals surface area (Å²) in [6, 6.07) is 8.80. The number of ether oxygens (including phenoxy) is 1. The van der Waals surface area contributed by atoms with Gasteiger partial charge in [-0.2, -0.15) is 5.10 Å². The van der Waals surface area contributed by atoms with Crippen LogP contribution in [-0.2, 0) is 19.7 Å². The Morgan fingerprint density at radius 1 is 0.767 bits per heavy atom. The van der Waals surface area contributed by atoms with Gasteiger partial charge in [-0.1, -0.05) is 11.6 Å². The van der Waals surface area contributed by atoms with Gasteiger partial charge in [0.2, 0.25) is 0 Å². The number of nitrogens with zero attached hydrogens (tertiary/aromatic N) is 7. The zero-order chi connectivity index (χ0) is 44.5. The highest BCUT2D eigenvalue weighted by Gasteiger charge is 2.35. The Morgan fingerprint density at radius 3 is 1.93 bits per heavy atom. The fraction of sp³-hybridized carbons (Fsp3) is 0.282. The number of aromatic amines is 1. The highest BCUT2D eigenvalue weighted by molar-refractivity contribution is 7.93. The van der Waals surface area contributed by atoms with Crippen LogP contribution in [0.4, 0.5) is 20.4 Å². The normalized spacial score (nSPS) is 12.1. The molecule has 0 radical (unpaired) electrons. The van der Waals surface area contributed by atoms with Crippen molar-refractivity contribution in [1.29, 1.82) is 5.41 Å². The number of benzene rings is 2. The Morgan fingerprint density at radius 2 is 1.33 bits per heavy atom. The topological polar surface area (TPSA) is 245 Å². The lowest BCUT2D eigenvalue weighted by molar-refractivity contribution is 0.402. The van der Waals surface area contributed by atoms with Gasteiger partial charge in [-0.3, -0.25) is 15.5 Å². The molecule has 316 valence electrons. The highest BCUT2D eigenvalue weighted by Crippen LogP contribution is 2.37.